The lowest BCUT2D eigenvalue weighted by Gasteiger charge is -2.10. The number of hydrogen-bond acceptors (Lipinski definition) is 5. The topological polar surface area (TPSA) is 96.5 Å². The molecule has 29 heavy (non-hydrogen) atoms. The number of amides is 2. The molecule has 0 radical (unpaired) electrons. The first-order chi connectivity index (χ1) is 14.0. The summed E-state index contributed by atoms with van der Waals surface area (Å²) in [6, 6.07) is 16.3. The summed E-state index contributed by atoms with van der Waals surface area (Å²) in [7, 11) is 0. The van der Waals surface area contributed by atoms with Crippen molar-refractivity contribution in [1.29, 1.82) is 0 Å². The number of carbonyl (C=O) groups excluding carboxylic acids is 3. The van der Waals surface area contributed by atoms with Crippen LogP contribution in [0.5, 0.6) is 0 Å². The largest absolute Gasteiger partial charge is 0.463 e. The predicted octanol–water partition coefficient (Wildman–Crippen LogP) is 2.80. The van der Waals surface area contributed by atoms with Crippen LogP contribution in [0.15, 0.2) is 66.7 Å². The molecule has 2 aromatic carbocycles. The summed E-state index contributed by atoms with van der Waals surface area (Å²) in [4.78, 5) is 35.1. The molecule has 0 fully saturated rings. The molecule has 8 heteroatoms. The molecule has 150 valence electrons. The fraction of sp³-hybridized carbons (Fsp3) is 0.143. The highest BCUT2D eigenvalue weighted by molar-refractivity contribution is 7.80. The van der Waals surface area contributed by atoms with Crippen molar-refractivity contribution >= 4 is 46.5 Å². The molecule has 0 aliphatic rings. The molecular formula is C21H21N3O4S. The average Bonchev–Trinajstić information content (AvgIpc) is 2.67. The molecule has 0 aliphatic carbocycles. The molecule has 2 rings (SSSR count). The predicted molar refractivity (Wildman–Crippen MR) is 115 cm³/mol. The molecule has 3 N–H and O–H groups in total. The molecule has 2 aromatic rings. The van der Waals surface area contributed by atoms with Gasteiger partial charge in [-0.3, -0.25) is 14.9 Å². The van der Waals surface area contributed by atoms with Gasteiger partial charge in [0, 0.05) is 23.5 Å². The first-order valence-electron chi connectivity index (χ1n) is 8.87. The van der Waals surface area contributed by atoms with Crippen LogP contribution in [0.1, 0.15) is 12.5 Å². The van der Waals surface area contributed by atoms with Crippen molar-refractivity contribution < 1.29 is 19.1 Å². The average molecular weight is 411 g/mol. The number of rotatable bonds is 7. The van der Waals surface area contributed by atoms with Crippen LogP contribution in [0.3, 0.4) is 0 Å². The second-order valence-corrected chi connectivity index (χ2v) is 6.23. The summed E-state index contributed by atoms with van der Waals surface area (Å²) < 4.78 is 4.69. The molecule has 0 atom stereocenters. The number of benzene rings is 2. The Morgan fingerprint density at radius 2 is 1.66 bits per heavy atom. The molecule has 2 amide bonds. The zero-order valence-corrected chi connectivity index (χ0v) is 16.6. The maximum Gasteiger partial charge on any atom is 0.330 e. The number of carbonyl (C=O) groups is 3. The molecule has 0 saturated heterocycles. The minimum atomic E-state index is -0.611. The Labute approximate surface area is 174 Å². The fourth-order valence-electron chi connectivity index (χ4n) is 2.31. The van der Waals surface area contributed by atoms with Crippen molar-refractivity contribution in [2.45, 2.75) is 13.3 Å². The number of hydrogen-bond donors (Lipinski definition) is 3. The van der Waals surface area contributed by atoms with E-state index in [1.807, 2.05) is 30.3 Å². The van der Waals surface area contributed by atoms with Crippen LogP contribution in [-0.2, 0) is 25.5 Å². The summed E-state index contributed by atoms with van der Waals surface area (Å²) in [6.45, 7) is 1.89. The number of ether oxygens (including phenoxy) is 1. The molecule has 0 unspecified atom stereocenters. The van der Waals surface area contributed by atoms with Crippen LogP contribution >= 0.6 is 12.2 Å². The van der Waals surface area contributed by atoms with E-state index in [9.17, 15) is 14.4 Å². The second kappa shape index (κ2) is 11.4. The molecule has 0 saturated carbocycles. The Balaban J connectivity index is 1.87. The van der Waals surface area contributed by atoms with Crippen molar-refractivity contribution in [3.63, 3.8) is 0 Å². The molecule has 0 aliphatic heterocycles. The standard InChI is InChI=1S/C21H21N3O4S/c1-2-28-20(27)12-11-18(25)24-21(29)23-17-10-6-9-16(14-17)22-19(26)13-15-7-4-3-5-8-15/h3-12,14H,2,13H2,1H3,(H,22,26)(H2,23,24,25,29)/b12-11+. The van der Waals surface area contributed by atoms with E-state index in [0.717, 1.165) is 17.7 Å². The minimum absolute atomic E-state index is 0.0521. The Morgan fingerprint density at radius 3 is 2.34 bits per heavy atom. The van der Waals surface area contributed by atoms with Gasteiger partial charge in [0.25, 0.3) is 0 Å². The van der Waals surface area contributed by atoms with Gasteiger partial charge < -0.3 is 15.4 Å². The monoisotopic (exact) mass is 411 g/mol. The second-order valence-electron chi connectivity index (χ2n) is 5.82. The lowest BCUT2D eigenvalue weighted by molar-refractivity contribution is -0.137. The highest BCUT2D eigenvalue weighted by atomic mass is 32.1. The van der Waals surface area contributed by atoms with Crippen LogP contribution in [-0.4, -0.2) is 29.5 Å². The molecule has 0 aromatic heterocycles. The highest BCUT2D eigenvalue weighted by Gasteiger charge is 2.06. The summed E-state index contributed by atoms with van der Waals surface area (Å²) in [5, 5.41) is 8.13. The van der Waals surface area contributed by atoms with Gasteiger partial charge in [0.1, 0.15) is 0 Å². The maximum atomic E-state index is 12.2. The number of anilines is 2. The van der Waals surface area contributed by atoms with Crippen LogP contribution < -0.4 is 16.0 Å². The third-order valence-corrected chi connectivity index (χ3v) is 3.71. The van der Waals surface area contributed by atoms with Crippen molar-refractivity contribution in [3.05, 3.63) is 72.3 Å². The van der Waals surface area contributed by atoms with Crippen LogP contribution in [0, 0.1) is 0 Å². The lowest BCUT2D eigenvalue weighted by Crippen LogP contribution is -2.33. The van der Waals surface area contributed by atoms with E-state index in [2.05, 4.69) is 20.7 Å². The van der Waals surface area contributed by atoms with Crippen LogP contribution in [0.2, 0.25) is 0 Å². The van der Waals surface area contributed by atoms with Crippen LogP contribution in [0.4, 0.5) is 11.4 Å². The van der Waals surface area contributed by atoms with E-state index < -0.39 is 11.9 Å². The van der Waals surface area contributed by atoms with E-state index in [1.54, 1.807) is 31.2 Å². The smallest absolute Gasteiger partial charge is 0.330 e. The zero-order valence-electron chi connectivity index (χ0n) is 15.8. The third kappa shape index (κ3) is 8.35. The van der Waals surface area contributed by atoms with Gasteiger partial charge in [0.05, 0.1) is 13.0 Å². The maximum absolute atomic E-state index is 12.2. The number of esters is 1. The summed E-state index contributed by atoms with van der Waals surface area (Å²) in [5.41, 5.74) is 2.09. The molecular weight excluding hydrogens is 390 g/mol. The van der Waals surface area contributed by atoms with E-state index in [1.165, 1.54) is 0 Å². The van der Waals surface area contributed by atoms with E-state index in [-0.39, 0.29) is 24.0 Å². The van der Waals surface area contributed by atoms with Crippen molar-refractivity contribution in [3.8, 4) is 0 Å². The van der Waals surface area contributed by atoms with Gasteiger partial charge >= 0.3 is 5.97 Å². The van der Waals surface area contributed by atoms with Gasteiger partial charge in [-0.1, -0.05) is 36.4 Å². The Hall–Kier alpha value is -3.52. The van der Waals surface area contributed by atoms with Gasteiger partial charge in [-0.15, -0.1) is 0 Å². The summed E-state index contributed by atoms with van der Waals surface area (Å²) in [6.07, 6.45) is 2.32. The van der Waals surface area contributed by atoms with Gasteiger partial charge in [0.15, 0.2) is 5.11 Å². The summed E-state index contributed by atoms with van der Waals surface area (Å²) >= 11 is 5.08. The van der Waals surface area contributed by atoms with Crippen LogP contribution in [0.25, 0.3) is 0 Å². The summed E-state index contributed by atoms with van der Waals surface area (Å²) in [5.74, 6) is -1.32. The van der Waals surface area contributed by atoms with E-state index in [4.69, 9.17) is 12.2 Å². The zero-order chi connectivity index (χ0) is 21.1. The Bertz CT molecular complexity index is 913. The highest BCUT2D eigenvalue weighted by Crippen LogP contribution is 2.15. The van der Waals surface area contributed by atoms with Crippen molar-refractivity contribution in [2.75, 3.05) is 17.2 Å². The van der Waals surface area contributed by atoms with Gasteiger partial charge in [-0.2, -0.15) is 0 Å². The Kier molecular flexibility index (Phi) is 8.52. The molecule has 0 bridgehead atoms. The van der Waals surface area contributed by atoms with Gasteiger partial charge in [0.2, 0.25) is 11.8 Å². The SMILES string of the molecule is CCOC(=O)/C=C/C(=O)NC(=S)Nc1cccc(NC(=O)Cc2ccccc2)c1. The van der Waals surface area contributed by atoms with Gasteiger partial charge in [-0.25, -0.2) is 4.79 Å². The number of thiocarbonyl (C=S) groups is 1. The lowest BCUT2D eigenvalue weighted by atomic mass is 10.1. The van der Waals surface area contributed by atoms with E-state index in [0.29, 0.717) is 11.4 Å². The van der Waals surface area contributed by atoms with E-state index >= 15 is 0 Å². The normalized spacial score (nSPS) is 10.2. The first-order valence-corrected chi connectivity index (χ1v) is 9.27. The molecule has 0 spiro atoms. The van der Waals surface area contributed by atoms with Crippen molar-refractivity contribution in [2.24, 2.45) is 0 Å². The Morgan fingerprint density at radius 1 is 0.966 bits per heavy atom. The minimum Gasteiger partial charge on any atom is -0.463 e. The molecule has 0 heterocycles. The van der Waals surface area contributed by atoms with Gasteiger partial charge in [-0.05, 0) is 42.9 Å². The third-order valence-electron chi connectivity index (χ3n) is 3.51. The fourth-order valence-corrected chi connectivity index (χ4v) is 2.53. The van der Waals surface area contributed by atoms with Crippen molar-refractivity contribution in [1.82, 2.24) is 5.32 Å². The first kappa shape index (κ1) is 21.8. The quantitative estimate of drug-likeness (QED) is 0.368. The molecule has 7 nitrogen and oxygen atoms in total. The number of nitrogens with one attached hydrogen (secondary N) is 3.